The first-order valence-corrected chi connectivity index (χ1v) is 7.67. The van der Waals surface area contributed by atoms with Crippen molar-refractivity contribution in [2.45, 2.75) is 12.5 Å². The Hall–Kier alpha value is -3.41. The summed E-state index contributed by atoms with van der Waals surface area (Å²) in [6, 6.07) is 18.5. The van der Waals surface area contributed by atoms with Gasteiger partial charge in [-0.3, -0.25) is 4.68 Å². The van der Waals surface area contributed by atoms with Crippen LogP contribution in [-0.4, -0.2) is 21.7 Å². The molecule has 0 aliphatic heterocycles. The summed E-state index contributed by atoms with van der Waals surface area (Å²) in [5, 5.41) is 26.8. The quantitative estimate of drug-likeness (QED) is 0.659. The van der Waals surface area contributed by atoms with E-state index in [1.54, 1.807) is 18.2 Å². The lowest BCUT2D eigenvalue weighted by atomic mass is 10.1. The number of rotatable bonds is 6. The Kier molecular flexibility index (Phi) is 4.61. The predicted molar refractivity (Wildman–Crippen MR) is 86.8 cm³/mol. The normalized spacial score (nSPS) is 11.8. The fourth-order valence-corrected chi connectivity index (χ4v) is 2.63. The summed E-state index contributed by atoms with van der Waals surface area (Å²) in [7, 11) is 0. The molecule has 1 heterocycles. The minimum Gasteiger partial charge on any atom is -0.550 e. The summed E-state index contributed by atoms with van der Waals surface area (Å²) in [6.07, 6.45) is -0.724. The Morgan fingerprint density at radius 2 is 1.48 bits per heavy atom. The molecule has 1 atom stereocenters. The van der Waals surface area contributed by atoms with Gasteiger partial charge in [0.25, 0.3) is 0 Å². The van der Waals surface area contributed by atoms with Gasteiger partial charge in [0.05, 0.1) is 23.4 Å². The molecule has 0 N–H and O–H groups in total. The predicted octanol–water partition coefficient (Wildman–Crippen LogP) is 0.648. The van der Waals surface area contributed by atoms with E-state index in [1.165, 1.54) is 4.68 Å². The fraction of sp³-hybridized carbons (Fsp3) is 0.105. The van der Waals surface area contributed by atoms with Crippen molar-refractivity contribution in [3.05, 3.63) is 66.7 Å². The van der Waals surface area contributed by atoms with Crippen LogP contribution in [0.4, 0.5) is 0 Å². The van der Waals surface area contributed by atoms with Gasteiger partial charge in [-0.25, -0.2) is 0 Å². The fourth-order valence-electron chi connectivity index (χ4n) is 2.63. The molecular formula is C19H14N2O4-2. The summed E-state index contributed by atoms with van der Waals surface area (Å²) in [5.74, 6) is -3.01. The van der Waals surface area contributed by atoms with Gasteiger partial charge in [-0.05, 0) is 11.6 Å². The second-order valence-corrected chi connectivity index (χ2v) is 5.50. The Labute approximate surface area is 144 Å². The molecule has 0 radical (unpaired) electrons. The molecule has 0 fully saturated rings. The van der Waals surface area contributed by atoms with Gasteiger partial charge in [-0.2, -0.15) is 5.10 Å². The molecule has 25 heavy (non-hydrogen) atoms. The molecule has 6 nitrogen and oxygen atoms in total. The van der Waals surface area contributed by atoms with Gasteiger partial charge in [0.2, 0.25) is 0 Å². The van der Waals surface area contributed by atoms with E-state index in [4.69, 9.17) is 0 Å². The zero-order valence-corrected chi connectivity index (χ0v) is 13.2. The van der Waals surface area contributed by atoms with Crippen LogP contribution in [0.5, 0.6) is 0 Å². The minimum atomic E-state index is -1.52. The lowest BCUT2D eigenvalue weighted by molar-refractivity contribution is -0.319. The third kappa shape index (κ3) is 3.58. The Bertz CT molecular complexity index is 888. The van der Waals surface area contributed by atoms with Gasteiger partial charge >= 0.3 is 0 Å². The van der Waals surface area contributed by atoms with Crippen LogP contribution in [-0.2, 0) is 9.59 Å². The Morgan fingerprint density at radius 3 is 2.00 bits per heavy atom. The lowest BCUT2D eigenvalue weighted by Crippen LogP contribution is -2.38. The van der Waals surface area contributed by atoms with Crippen molar-refractivity contribution < 1.29 is 19.8 Å². The highest BCUT2D eigenvalue weighted by Crippen LogP contribution is 2.29. The molecule has 0 saturated carbocycles. The molecule has 0 spiro atoms. The van der Waals surface area contributed by atoms with Crippen LogP contribution < -0.4 is 10.2 Å². The van der Waals surface area contributed by atoms with Crippen LogP contribution in [0.3, 0.4) is 0 Å². The maximum Gasteiger partial charge on any atom is 0.0971 e. The molecule has 0 aliphatic rings. The van der Waals surface area contributed by atoms with Crippen LogP contribution in [0.1, 0.15) is 12.5 Å². The molecular weight excluding hydrogens is 320 g/mol. The molecule has 3 rings (SSSR count). The summed E-state index contributed by atoms with van der Waals surface area (Å²) < 4.78 is 1.18. The third-order valence-electron chi connectivity index (χ3n) is 3.80. The smallest absolute Gasteiger partial charge is 0.0971 e. The van der Waals surface area contributed by atoms with E-state index >= 15 is 0 Å². The maximum absolute atomic E-state index is 11.5. The average molecular weight is 334 g/mol. The van der Waals surface area contributed by atoms with E-state index in [0.29, 0.717) is 11.4 Å². The molecule has 0 bridgehead atoms. The van der Waals surface area contributed by atoms with E-state index < -0.39 is 24.4 Å². The van der Waals surface area contributed by atoms with Gasteiger partial charge in [0.15, 0.2) is 0 Å². The van der Waals surface area contributed by atoms with Crippen LogP contribution in [0, 0.1) is 0 Å². The summed E-state index contributed by atoms with van der Waals surface area (Å²) in [4.78, 5) is 22.5. The molecule has 0 unspecified atom stereocenters. The Morgan fingerprint density at radius 1 is 0.920 bits per heavy atom. The number of carbonyl (C=O) groups excluding carboxylic acids is 2. The van der Waals surface area contributed by atoms with Crippen molar-refractivity contribution in [2.75, 3.05) is 0 Å². The lowest BCUT2D eigenvalue weighted by Gasteiger charge is -2.21. The van der Waals surface area contributed by atoms with Gasteiger partial charge < -0.3 is 19.8 Å². The number of aliphatic carboxylic acids is 2. The molecule has 0 amide bonds. The zero-order chi connectivity index (χ0) is 17.8. The van der Waals surface area contributed by atoms with E-state index in [1.807, 2.05) is 48.5 Å². The second kappa shape index (κ2) is 7.00. The highest BCUT2D eigenvalue weighted by molar-refractivity contribution is 5.79. The van der Waals surface area contributed by atoms with E-state index in [0.717, 1.165) is 11.1 Å². The standard InChI is InChI=1S/C19H16N2O4/c22-18(23)12-17(19(24)25)21-16(14-9-5-2-6-10-14)11-15(20-21)13-7-3-1-4-8-13/h1-11,17H,12H2,(H,22,23)(H,24,25)/p-2/t17-/m0/s1. The topological polar surface area (TPSA) is 98.1 Å². The van der Waals surface area contributed by atoms with E-state index in [9.17, 15) is 19.8 Å². The molecule has 2 aromatic carbocycles. The van der Waals surface area contributed by atoms with Gasteiger partial charge in [-0.15, -0.1) is 0 Å². The van der Waals surface area contributed by atoms with Crippen molar-refractivity contribution in [1.29, 1.82) is 0 Å². The van der Waals surface area contributed by atoms with Gasteiger partial charge in [-0.1, -0.05) is 60.7 Å². The van der Waals surface area contributed by atoms with Crippen LogP contribution in [0.25, 0.3) is 22.5 Å². The number of aromatic nitrogens is 2. The van der Waals surface area contributed by atoms with Crippen LogP contribution >= 0.6 is 0 Å². The number of nitrogens with zero attached hydrogens (tertiary/aromatic N) is 2. The summed E-state index contributed by atoms with van der Waals surface area (Å²) >= 11 is 0. The monoisotopic (exact) mass is 334 g/mol. The number of hydrogen-bond acceptors (Lipinski definition) is 5. The van der Waals surface area contributed by atoms with Crippen molar-refractivity contribution in [3.8, 4) is 22.5 Å². The molecule has 0 saturated heterocycles. The molecule has 1 aromatic heterocycles. The largest absolute Gasteiger partial charge is 0.550 e. The van der Waals surface area contributed by atoms with Crippen LogP contribution in [0.2, 0.25) is 0 Å². The summed E-state index contributed by atoms with van der Waals surface area (Å²) in [5.41, 5.74) is 2.56. The first-order chi connectivity index (χ1) is 12.1. The number of hydrogen-bond donors (Lipinski definition) is 0. The van der Waals surface area contributed by atoms with Crippen molar-refractivity contribution in [2.24, 2.45) is 0 Å². The average Bonchev–Trinajstić information content (AvgIpc) is 3.06. The molecule has 3 aromatic rings. The summed E-state index contributed by atoms with van der Waals surface area (Å²) in [6.45, 7) is 0. The molecule has 0 aliphatic carbocycles. The number of carboxylic acids is 2. The number of carbonyl (C=O) groups is 2. The maximum atomic E-state index is 11.5. The van der Waals surface area contributed by atoms with Crippen molar-refractivity contribution in [3.63, 3.8) is 0 Å². The van der Waals surface area contributed by atoms with Gasteiger partial charge in [0.1, 0.15) is 0 Å². The number of benzene rings is 2. The van der Waals surface area contributed by atoms with Crippen LogP contribution in [0.15, 0.2) is 66.7 Å². The van der Waals surface area contributed by atoms with Crippen molar-refractivity contribution in [1.82, 2.24) is 9.78 Å². The van der Waals surface area contributed by atoms with Gasteiger partial charge in [0, 0.05) is 18.0 Å². The highest BCUT2D eigenvalue weighted by atomic mass is 16.4. The number of carboxylic acid groups (broad SMARTS) is 2. The minimum absolute atomic E-state index is 0.495. The second-order valence-electron chi connectivity index (χ2n) is 5.50. The Balaban J connectivity index is 2.16. The zero-order valence-electron chi connectivity index (χ0n) is 13.2. The van der Waals surface area contributed by atoms with E-state index in [-0.39, 0.29) is 0 Å². The molecule has 6 heteroatoms. The van der Waals surface area contributed by atoms with Crippen molar-refractivity contribution >= 4 is 11.9 Å². The highest BCUT2D eigenvalue weighted by Gasteiger charge is 2.20. The third-order valence-corrected chi connectivity index (χ3v) is 3.80. The first kappa shape index (κ1) is 16.4. The SMILES string of the molecule is O=C([O-])C[C@@H](C(=O)[O-])n1nc(-c2ccccc2)cc1-c1ccccc1. The van der Waals surface area contributed by atoms with E-state index in [2.05, 4.69) is 5.10 Å². The molecule has 126 valence electrons. The first-order valence-electron chi connectivity index (χ1n) is 7.67.